The molecular weight excluding hydrogens is 116 g/mol. The molecule has 1 heterocycles. The van der Waals surface area contributed by atoms with Gasteiger partial charge in [0.25, 0.3) is 0 Å². The van der Waals surface area contributed by atoms with Crippen LogP contribution in [0, 0.1) is 0 Å². The fraction of sp³-hybridized carbons (Fsp3) is 0. The summed E-state index contributed by atoms with van der Waals surface area (Å²) in [4.78, 5) is 16.9. The highest BCUT2D eigenvalue weighted by Gasteiger charge is 1.88. The summed E-state index contributed by atoms with van der Waals surface area (Å²) in [7, 11) is 0. The van der Waals surface area contributed by atoms with E-state index in [2.05, 4.69) is 16.7 Å². The molecule has 9 heavy (non-hydrogen) atoms. The summed E-state index contributed by atoms with van der Waals surface area (Å²) < 4.78 is 0. The standard InChI is InChI=1S/C6H6N2O/c1-7-5-4-8-3-2-6(5)9/h2-4H,1H2,(H,8,9). The predicted octanol–water partition coefficient (Wildman–Crippen LogP) is 0.707. The lowest BCUT2D eigenvalue weighted by Gasteiger charge is -1.85. The third-order valence-electron chi connectivity index (χ3n) is 0.974. The molecule has 1 N–H and O–H groups in total. The van der Waals surface area contributed by atoms with Crippen LogP contribution in [0.4, 0.5) is 5.69 Å². The lowest BCUT2D eigenvalue weighted by Crippen LogP contribution is -1.96. The van der Waals surface area contributed by atoms with Crippen molar-refractivity contribution in [1.82, 2.24) is 4.98 Å². The molecule has 1 rings (SSSR count). The number of aromatic nitrogens is 1. The van der Waals surface area contributed by atoms with Crippen LogP contribution in [0.2, 0.25) is 0 Å². The predicted molar refractivity (Wildman–Crippen MR) is 36.3 cm³/mol. The van der Waals surface area contributed by atoms with Crippen molar-refractivity contribution >= 4 is 12.4 Å². The second-order valence-electron chi connectivity index (χ2n) is 1.55. The zero-order valence-corrected chi connectivity index (χ0v) is 4.79. The van der Waals surface area contributed by atoms with Crippen LogP contribution in [0.25, 0.3) is 0 Å². The third kappa shape index (κ3) is 1.05. The summed E-state index contributed by atoms with van der Waals surface area (Å²) in [6.45, 7) is 3.22. The molecule has 0 saturated heterocycles. The van der Waals surface area contributed by atoms with Gasteiger partial charge in [0.2, 0.25) is 5.43 Å². The van der Waals surface area contributed by atoms with E-state index in [0.717, 1.165) is 0 Å². The summed E-state index contributed by atoms with van der Waals surface area (Å²) >= 11 is 0. The first-order valence-electron chi connectivity index (χ1n) is 2.48. The molecular formula is C6H6N2O. The van der Waals surface area contributed by atoms with Gasteiger partial charge in [-0.05, 0) is 6.72 Å². The maximum absolute atomic E-state index is 10.7. The summed E-state index contributed by atoms with van der Waals surface area (Å²) in [6, 6.07) is 1.41. The van der Waals surface area contributed by atoms with Gasteiger partial charge in [0, 0.05) is 18.5 Å². The molecule has 0 aliphatic rings. The molecule has 0 amide bonds. The number of pyridine rings is 1. The van der Waals surface area contributed by atoms with Gasteiger partial charge in [0.05, 0.1) is 0 Å². The average molecular weight is 122 g/mol. The molecule has 0 fully saturated rings. The largest absolute Gasteiger partial charge is 0.366 e. The fourth-order valence-corrected chi connectivity index (χ4v) is 0.531. The van der Waals surface area contributed by atoms with Crippen LogP contribution in [0.5, 0.6) is 0 Å². The number of aromatic amines is 1. The number of nitrogens with one attached hydrogen (secondary N) is 1. The summed E-state index contributed by atoms with van der Waals surface area (Å²) in [6.07, 6.45) is 3.06. The van der Waals surface area contributed by atoms with Crippen molar-refractivity contribution in [3.05, 3.63) is 28.7 Å². The molecule has 0 saturated carbocycles. The molecule has 3 heteroatoms. The van der Waals surface area contributed by atoms with Crippen LogP contribution in [0.1, 0.15) is 0 Å². The number of rotatable bonds is 1. The molecule has 3 nitrogen and oxygen atoms in total. The Balaban J connectivity index is 3.32. The lowest BCUT2D eigenvalue weighted by atomic mass is 10.4. The van der Waals surface area contributed by atoms with Crippen molar-refractivity contribution in [1.29, 1.82) is 0 Å². The molecule has 1 aromatic heterocycles. The van der Waals surface area contributed by atoms with Gasteiger partial charge in [-0.3, -0.25) is 9.79 Å². The highest BCUT2D eigenvalue weighted by Crippen LogP contribution is 1.96. The van der Waals surface area contributed by atoms with Crippen LogP contribution in [0.15, 0.2) is 28.2 Å². The van der Waals surface area contributed by atoms with E-state index in [0.29, 0.717) is 5.69 Å². The van der Waals surface area contributed by atoms with Crippen molar-refractivity contribution in [3.63, 3.8) is 0 Å². The van der Waals surface area contributed by atoms with Crippen molar-refractivity contribution in [2.75, 3.05) is 0 Å². The Bertz CT molecular complexity index is 264. The topological polar surface area (TPSA) is 45.2 Å². The summed E-state index contributed by atoms with van der Waals surface area (Å²) in [5.41, 5.74) is 0.251. The zero-order valence-electron chi connectivity index (χ0n) is 4.79. The smallest absolute Gasteiger partial charge is 0.207 e. The van der Waals surface area contributed by atoms with E-state index in [-0.39, 0.29) is 5.43 Å². The zero-order chi connectivity index (χ0) is 6.69. The molecule has 1 aromatic rings. The second-order valence-corrected chi connectivity index (χ2v) is 1.55. The Morgan fingerprint density at radius 2 is 2.44 bits per heavy atom. The SMILES string of the molecule is C=Nc1c[nH]ccc1=O. The van der Waals surface area contributed by atoms with Crippen molar-refractivity contribution in [2.45, 2.75) is 0 Å². The summed E-state index contributed by atoms with van der Waals surface area (Å²) in [5.74, 6) is 0. The van der Waals surface area contributed by atoms with Gasteiger partial charge in [-0.2, -0.15) is 0 Å². The quantitative estimate of drug-likeness (QED) is 0.548. The minimum atomic E-state index is -0.108. The van der Waals surface area contributed by atoms with Crippen LogP contribution in [-0.4, -0.2) is 11.7 Å². The first-order valence-corrected chi connectivity index (χ1v) is 2.48. The van der Waals surface area contributed by atoms with E-state index < -0.39 is 0 Å². The monoisotopic (exact) mass is 122 g/mol. The van der Waals surface area contributed by atoms with Crippen molar-refractivity contribution < 1.29 is 0 Å². The van der Waals surface area contributed by atoms with Crippen LogP contribution in [-0.2, 0) is 0 Å². The van der Waals surface area contributed by atoms with Crippen molar-refractivity contribution in [3.8, 4) is 0 Å². The Hall–Kier alpha value is -1.38. The highest BCUT2D eigenvalue weighted by molar-refractivity contribution is 5.42. The molecule has 0 aliphatic carbocycles. The van der Waals surface area contributed by atoms with E-state index in [1.807, 2.05) is 0 Å². The van der Waals surface area contributed by atoms with Crippen LogP contribution >= 0.6 is 0 Å². The Morgan fingerprint density at radius 1 is 1.67 bits per heavy atom. The molecule has 46 valence electrons. The molecule has 0 spiro atoms. The van der Waals surface area contributed by atoms with E-state index in [1.54, 1.807) is 6.20 Å². The lowest BCUT2D eigenvalue weighted by molar-refractivity contribution is 1.28. The number of hydrogen-bond donors (Lipinski definition) is 1. The van der Waals surface area contributed by atoms with Gasteiger partial charge in [-0.15, -0.1) is 0 Å². The normalized spacial score (nSPS) is 8.89. The van der Waals surface area contributed by atoms with Gasteiger partial charge in [0.1, 0.15) is 5.69 Å². The maximum Gasteiger partial charge on any atom is 0.207 e. The van der Waals surface area contributed by atoms with Gasteiger partial charge >= 0.3 is 0 Å². The first-order chi connectivity index (χ1) is 4.34. The molecule has 0 radical (unpaired) electrons. The van der Waals surface area contributed by atoms with Gasteiger partial charge in [0.15, 0.2) is 0 Å². The molecule has 0 unspecified atom stereocenters. The average Bonchev–Trinajstić information content (AvgIpc) is 1.89. The number of aliphatic imine (C=N–C) groups is 1. The number of hydrogen-bond acceptors (Lipinski definition) is 2. The highest BCUT2D eigenvalue weighted by atomic mass is 16.1. The third-order valence-corrected chi connectivity index (χ3v) is 0.974. The van der Waals surface area contributed by atoms with Gasteiger partial charge in [-0.25, -0.2) is 0 Å². The Morgan fingerprint density at radius 3 is 2.89 bits per heavy atom. The minimum Gasteiger partial charge on any atom is -0.366 e. The van der Waals surface area contributed by atoms with Crippen LogP contribution < -0.4 is 5.43 Å². The van der Waals surface area contributed by atoms with E-state index in [9.17, 15) is 4.79 Å². The van der Waals surface area contributed by atoms with E-state index >= 15 is 0 Å². The Labute approximate surface area is 52.1 Å². The van der Waals surface area contributed by atoms with Crippen molar-refractivity contribution in [2.24, 2.45) is 4.99 Å². The molecule has 0 atom stereocenters. The summed E-state index contributed by atoms with van der Waals surface area (Å²) in [5, 5.41) is 0. The van der Waals surface area contributed by atoms with E-state index in [4.69, 9.17) is 0 Å². The minimum absolute atomic E-state index is 0.108. The Kier molecular flexibility index (Phi) is 1.44. The maximum atomic E-state index is 10.7. The number of nitrogens with zero attached hydrogens (tertiary/aromatic N) is 1. The molecule has 0 aliphatic heterocycles. The van der Waals surface area contributed by atoms with E-state index in [1.165, 1.54) is 12.3 Å². The molecule has 0 aromatic carbocycles. The van der Waals surface area contributed by atoms with Crippen LogP contribution in [0.3, 0.4) is 0 Å². The molecule has 0 bridgehead atoms. The van der Waals surface area contributed by atoms with Gasteiger partial charge in [-0.1, -0.05) is 0 Å². The number of H-pyrrole nitrogens is 1. The van der Waals surface area contributed by atoms with Gasteiger partial charge < -0.3 is 4.98 Å². The second kappa shape index (κ2) is 2.26. The first kappa shape index (κ1) is 5.75. The fourth-order valence-electron chi connectivity index (χ4n) is 0.531.